The second-order valence-corrected chi connectivity index (χ2v) is 27.3. The topological polar surface area (TPSA) is 6.48 Å². The van der Waals surface area contributed by atoms with Gasteiger partial charge in [0.1, 0.15) is 0 Å². The monoisotopic (exact) mass is 1210 g/mol. The molecule has 0 radical (unpaired) electrons. The molecule has 15 aromatic carbocycles. The van der Waals surface area contributed by atoms with E-state index >= 15 is 0 Å². The predicted octanol–water partition coefficient (Wildman–Crippen LogP) is 23.4. The fourth-order valence-electron chi connectivity index (χ4n) is 15.5. The minimum Gasteiger partial charge on any atom is -0.310 e. The first-order valence-electron chi connectivity index (χ1n) is 32.8. The molecule has 0 saturated heterocycles. The van der Waals surface area contributed by atoms with Crippen molar-refractivity contribution in [1.82, 2.24) is 0 Å². The SMILES string of the molecule is CC(C)(C)c1cc2c3c(c1)N(c1c(-c4ccccc4)cccc1-c1ccccc1)c1cc(-c4c5ccccc5c(-c5ccccc5)c5ccccc45)ccc1B3c1cc(-c3ccc4c(c3)sc3ccccc34)ccc1N2c1c(-c2ccccc2)cccc1-c1ccccc1. The van der Waals surface area contributed by atoms with Crippen molar-refractivity contribution in [3.8, 4) is 77.9 Å². The van der Waals surface area contributed by atoms with Crippen molar-refractivity contribution in [2.24, 2.45) is 0 Å². The lowest BCUT2D eigenvalue weighted by Gasteiger charge is -2.46. The molecule has 0 amide bonds. The maximum atomic E-state index is 2.71. The van der Waals surface area contributed by atoms with Gasteiger partial charge >= 0.3 is 0 Å². The zero-order chi connectivity index (χ0) is 62.6. The molecule has 1 aromatic heterocycles. The molecule has 94 heavy (non-hydrogen) atoms. The number of hydrogen-bond acceptors (Lipinski definition) is 3. The number of nitrogens with zero attached hydrogens (tertiary/aromatic N) is 2. The maximum absolute atomic E-state index is 2.71. The summed E-state index contributed by atoms with van der Waals surface area (Å²) in [7, 11) is 0. The maximum Gasteiger partial charge on any atom is 0.252 e. The van der Waals surface area contributed by atoms with E-state index in [2.05, 4.69) is 358 Å². The smallest absolute Gasteiger partial charge is 0.252 e. The lowest BCUT2D eigenvalue weighted by Crippen LogP contribution is -2.61. The van der Waals surface area contributed by atoms with E-state index in [0.717, 1.165) is 78.5 Å². The highest BCUT2D eigenvalue weighted by molar-refractivity contribution is 7.25. The predicted molar refractivity (Wildman–Crippen MR) is 405 cm³/mol. The first kappa shape index (κ1) is 55.5. The Kier molecular flexibility index (Phi) is 13.1. The molecule has 0 fully saturated rings. The Morgan fingerprint density at radius 1 is 0.266 bits per heavy atom. The van der Waals surface area contributed by atoms with Crippen molar-refractivity contribution >= 4 is 110 Å². The summed E-state index contributed by atoms with van der Waals surface area (Å²) in [6.45, 7) is 6.94. The number of fused-ring (bicyclic) bond motifs is 9. The van der Waals surface area contributed by atoms with Crippen molar-refractivity contribution in [2.45, 2.75) is 26.2 Å². The first-order chi connectivity index (χ1) is 46.3. The third-order valence-corrected chi connectivity index (χ3v) is 20.9. The molecule has 0 aliphatic carbocycles. The summed E-state index contributed by atoms with van der Waals surface area (Å²) < 4.78 is 2.60. The minimum atomic E-state index is -0.281. The van der Waals surface area contributed by atoms with Gasteiger partial charge < -0.3 is 9.80 Å². The van der Waals surface area contributed by atoms with E-state index in [4.69, 9.17) is 0 Å². The van der Waals surface area contributed by atoms with Crippen LogP contribution >= 0.6 is 11.3 Å². The number of benzene rings is 15. The Morgan fingerprint density at radius 3 is 1.15 bits per heavy atom. The van der Waals surface area contributed by atoms with E-state index < -0.39 is 0 Å². The Balaban J connectivity index is 0.999. The average Bonchev–Trinajstić information content (AvgIpc) is 0.737. The summed E-state index contributed by atoms with van der Waals surface area (Å²) in [6.07, 6.45) is 0. The van der Waals surface area contributed by atoms with Crippen molar-refractivity contribution in [3.63, 3.8) is 0 Å². The minimum absolute atomic E-state index is 0.208. The van der Waals surface area contributed by atoms with Crippen LogP contribution in [0.4, 0.5) is 34.1 Å². The van der Waals surface area contributed by atoms with Crippen LogP contribution in [0.1, 0.15) is 26.3 Å². The summed E-state index contributed by atoms with van der Waals surface area (Å²) in [4.78, 5) is 5.38. The summed E-state index contributed by atoms with van der Waals surface area (Å²) in [6, 6.07) is 123. The molecule has 0 N–H and O–H groups in total. The van der Waals surface area contributed by atoms with Gasteiger partial charge in [-0.2, -0.15) is 0 Å². The van der Waals surface area contributed by atoms with Crippen LogP contribution < -0.4 is 26.2 Å². The van der Waals surface area contributed by atoms with Gasteiger partial charge in [0, 0.05) is 65.2 Å². The van der Waals surface area contributed by atoms with Crippen molar-refractivity contribution in [3.05, 3.63) is 333 Å². The van der Waals surface area contributed by atoms with Crippen LogP contribution in [0.25, 0.3) is 120 Å². The van der Waals surface area contributed by atoms with E-state index in [-0.39, 0.29) is 12.1 Å². The number of hydrogen-bond donors (Lipinski definition) is 0. The lowest BCUT2D eigenvalue weighted by atomic mass is 9.33. The van der Waals surface area contributed by atoms with Gasteiger partial charge in [0.15, 0.2) is 0 Å². The van der Waals surface area contributed by atoms with Gasteiger partial charge in [0.25, 0.3) is 6.71 Å². The highest BCUT2D eigenvalue weighted by Crippen LogP contribution is 2.55. The Morgan fingerprint density at radius 2 is 0.660 bits per heavy atom. The van der Waals surface area contributed by atoms with Crippen LogP contribution in [0.2, 0.25) is 0 Å². The van der Waals surface area contributed by atoms with E-state index in [9.17, 15) is 0 Å². The van der Waals surface area contributed by atoms with Crippen LogP contribution in [0, 0.1) is 0 Å². The number of thiophene rings is 1. The molecule has 0 unspecified atom stereocenters. The van der Waals surface area contributed by atoms with Gasteiger partial charge in [-0.25, -0.2) is 0 Å². The Bertz CT molecular complexity index is 5480. The summed E-state index contributed by atoms with van der Waals surface area (Å²) in [5.41, 5.74) is 28.2. The molecule has 0 bridgehead atoms. The Hall–Kier alpha value is -11.3. The molecule has 0 spiro atoms. The van der Waals surface area contributed by atoms with Gasteiger partial charge in [-0.3, -0.25) is 0 Å². The second-order valence-electron chi connectivity index (χ2n) is 26.2. The molecule has 2 nitrogen and oxygen atoms in total. The van der Waals surface area contributed by atoms with Crippen molar-refractivity contribution in [2.75, 3.05) is 9.80 Å². The molecule has 2 aliphatic rings. The van der Waals surface area contributed by atoms with Gasteiger partial charge in [0.2, 0.25) is 0 Å². The van der Waals surface area contributed by atoms with Crippen LogP contribution in [0.3, 0.4) is 0 Å². The Labute approximate surface area is 553 Å². The molecular formula is C90H63BN2S. The average molecular weight is 1220 g/mol. The van der Waals surface area contributed by atoms with E-state index in [1.54, 1.807) is 0 Å². The number of anilines is 6. The first-order valence-corrected chi connectivity index (χ1v) is 33.6. The van der Waals surface area contributed by atoms with Gasteiger partial charge in [-0.15, -0.1) is 11.3 Å². The summed E-state index contributed by atoms with van der Waals surface area (Å²) in [5, 5.41) is 7.51. The highest BCUT2D eigenvalue weighted by atomic mass is 32.1. The molecule has 2 aliphatic heterocycles. The fraction of sp³-hybridized carbons (Fsp3) is 0.0444. The summed E-state index contributed by atoms with van der Waals surface area (Å²) >= 11 is 1.88. The molecule has 0 saturated carbocycles. The molecule has 3 heterocycles. The van der Waals surface area contributed by atoms with E-state index in [1.807, 2.05) is 11.3 Å². The zero-order valence-corrected chi connectivity index (χ0v) is 53.4. The van der Waals surface area contributed by atoms with Crippen LogP contribution in [-0.2, 0) is 5.41 Å². The highest BCUT2D eigenvalue weighted by Gasteiger charge is 2.46. The van der Waals surface area contributed by atoms with Gasteiger partial charge in [-0.05, 0) is 141 Å². The molecular weight excluding hydrogens is 1150 g/mol. The molecule has 18 rings (SSSR count). The van der Waals surface area contributed by atoms with Crippen LogP contribution in [0.5, 0.6) is 0 Å². The molecule has 16 aromatic rings. The quantitative estimate of drug-likeness (QED) is 0.105. The molecule has 4 heteroatoms. The van der Waals surface area contributed by atoms with E-state index in [1.165, 1.54) is 97.2 Å². The van der Waals surface area contributed by atoms with Gasteiger partial charge in [-0.1, -0.05) is 312 Å². The third-order valence-electron chi connectivity index (χ3n) is 19.8. The number of rotatable bonds is 9. The van der Waals surface area contributed by atoms with Gasteiger partial charge in [0.05, 0.1) is 11.4 Å². The van der Waals surface area contributed by atoms with Crippen LogP contribution in [0.15, 0.2) is 328 Å². The summed E-state index contributed by atoms with van der Waals surface area (Å²) in [5.74, 6) is 0. The van der Waals surface area contributed by atoms with Crippen molar-refractivity contribution < 1.29 is 0 Å². The number of para-hydroxylation sites is 2. The second kappa shape index (κ2) is 22.2. The fourth-order valence-corrected chi connectivity index (χ4v) is 16.6. The van der Waals surface area contributed by atoms with Crippen molar-refractivity contribution in [1.29, 1.82) is 0 Å². The normalized spacial score (nSPS) is 12.6. The van der Waals surface area contributed by atoms with E-state index in [0.29, 0.717) is 0 Å². The van der Waals surface area contributed by atoms with Crippen LogP contribution in [-0.4, -0.2) is 6.71 Å². The largest absolute Gasteiger partial charge is 0.310 e. The standard InChI is InChI=1S/C90H63BN2S/c1-90(2,3)66-56-81-87-82(57-66)93(89-69(60-31-13-6-14-32-60)44-26-45-70(89)61-33-15-7-16-34-61)80-54-65(86-75-40-21-19-38-73(75)85(62-35-17-8-18-36-62)74-39-20-22-41-76(74)86)48-51-77(80)91(87)78-53-63(64-47-50-72-71-37-23-24-46-83(71)94-84(72)55-64)49-52-79(78)92(81)88-67(58-27-9-4-10-28-58)42-25-43-68(88)59-29-11-5-12-30-59/h4-57H,1-3H3. The lowest BCUT2D eigenvalue weighted by molar-refractivity contribution is 0.590. The zero-order valence-electron chi connectivity index (χ0n) is 52.6. The molecule has 442 valence electrons. The third kappa shape index (κ3) is 9.00. The molecule has 0 atom stereocenters.